The molecule has 1 fully saturated rings. The van der Waals surface area contributed by atoms with E-state index in [2.05, 4.69) is 48.6 Å². The van der Waals surface area contributed by atoms with Crippen LogP contribution in [-0.2, 0) is 6.54 Å². The SMILES string of the molecule is BrCCN1CCCN(Cc2cn3ccccc3n2)CC1. The van der Waals surface area contributed by atoms with Crippen LogP contribution in [0.4, 0.5) is 0 Å². The van der Waals surface area contributed by atoms with Crippen molar-refractivity contribution in [1.82, 2.24) is 19.2 Å². The van der Waals surface area contributed by atoms with E-state index in [-0.39, 0.29) is 0 Å². The molecule has 0 aliphatic carbocycles. The lowest BCUT2D eigenvalue weighted by molar-refractivity contribution is 0.257. The average Bonchev–Trinajstić information content (AvgIpc) is 2.73. The fraction of sp³-hybridized carbons (Fsp3) is 0.533. The Hall–Kier alpha value is -0.910. The molecule has 20 heavy (non-hydrogen) atoms. The van der Waals surface area contributed by atoms with Crippen molar-refractivity contribution in [2.24, 2.45) is 0 Å². The van der Waals surface area contributed by atoms with Gasteiger partial charge in [-0.1, -0.05) is 22.0 Å². The van der Waals surface area contributed by atoms with Crippen molar-refractivity contribution in [2.45, 2.75) is 13.0 Å². The monoisotopic (exact) mass is 336 g/mol. The van der Waals surface area contributed by atoms with Crippen LogP contribution < -0.4 is 0 Å². The molecule has 0 amide bonds. The topological polar surface area (TPSA) is 23.8 Å². The van der Waals surface area contributed by atoms with Crippen molar-refractivity contribution in [1.29, 1.82) is 0 Å². The van der Waals surface area contributed by atoms with Crippen LogP contribution in [-0.4, -0.2) is 57.2 Å². The number of aromatic nitrogens is 2. The quantitative estimate of drug-likeness (QED) is 0.800. The molecule has 2 aromatic heterocycles. The Bertz CT molecular complexity index is 521. The first-order valence-corrected chi connectivity index (χ1v) is 8.40. The zero-order valence-corrected chi connectivity index (χ0v) is 13.3. The molecule has 5 heteroatoms. The largest absolute Gasteiger partial charge is 0.307 e. The summed E-state index contributed by atoms with van der Waals surface area (Å²) in [4.78, 5) is 9.76. The van der Waals surface area contributed by atoms with Crippen LogP contribution in [0.3, 0.4) is 0 Å². The lowest BCUT2D eigenvalue weighted by Crippen LogP contribution is -2.31. The van der Waals surface area contributed by atoms with Crippen LogP contribution in [0.15, 0.2) is 30.6 Å². The van der Waals surface area contributed by atoms with Gasteiger partial charge in [-0.25, -0.2) is 4.98 Å². The second-order valence-corrected chi connectivity index (χ2v) is 6.15. The molecule has 0 atom stereocenters. The van der Waals surface area contributed by atoms with Gasteiger partial charge >= 0.3 is 0 Å². The number of fused-ring (bicyclic) bond motifs is 1. The summed E-state index contributed by atoms with van der Waals surface area (Å²) in [6, 6.07) is 6.14. The van der Waals surface area contributed by atoms with Crippen LogP contribution >= 0.6 is 15.9 Å². The van der Waals surface area contributed by atoms with E-state index >= 15 is 0 Å². The standard InChI is InChI=1S/C15H21BrN4/c16-5-9-18-6-3-7-19(11-10-18)12-14-13-20-8-2-1-4-15(20)17-14/h1-2,4,8,13H,3,5-7,9-12H2. The van der Waals surface area contributed by atoms with Gasteiger partial charge in [-0.15, -0.1) is 0 Å². The molecular weight excluding hydrogens is 316 g/mol. The molecule has 1 aliphatic heterocycles. The van der Waals surface area contributed by atoms with Gasteiger partial charge in [0.1, 0.15) is 5.65 Å². The number of alkyl halides is 1. The predicted octanol–water partition coefficient (Wildman–Crippen LogP) is 2.24. The molecule has 0 unspecified atom stereocenters. The maximum Gasteiger partial charge on any atom is 0.137 e. The average molecular weight is 337 g/mol. The van der Waals surface area contributed by atoms with E-state index in [1.807, 2.05) is 12.1 Å². The van der Waals surface area contributed by atoms with Crippen LogP contribution in [0.5, 0.6) is 0 Å². The van der Waals surface area contributed by atoms with E-state index in [1.165, 1.54) is 31.7 Å². The van der Waals surface area contributed by atoms with Crippen molar-refractivity contribution in [3.8, 4) is 0 Å². The molecule has 108 valence electrons. The van der Waals surface area contributed by atoms with E-state index in [4.69, 9.17) is 4.98 Å². The molecule has 0 aromatic carbocycles. The number of hydrogen-bond acceptors (Lipinski definition) is 3. The molecule has 3 rings (SSSR count). The third-order valence-corrected chi connectivity index (χ3v) is 4.24. The zero-order chi connectivity index (χ0) is 13.8. The molecule has 0 N–H and O–H groups in total. The summed E-state index contributed by atoms with van der Waals surface area (Å²) < 4.78 is 2.10. The summed E-state index contributed by atoms with van der Waals surface area (Å²) in [5.41, 5.74) is 2.21. The van der Waals surface area contributed by atoms with Gasteiger partial charge in [-0.3, -0.25) is 4.90 Å². The van der Waals surface area contributed by atoms with Crippen LogP contribution in [0.1, 0.15) is 12.1 Å². The molecule has 4 nitrogen and oxygen atoms in total. The van der Waals surface area contributed by atoms with Crippen molar-refractivity contribution < 1.29 is 0 Å². The van der Waals surface area contributed by atoms with Gasteiger partial charge in [0, 0.05) is 43.9 Å². The molecule has 3 heterocycles. The summed E-state index contributed by atoms with van der Waals surface area (Å²) in [6.45, 7) is 6.81. The minimum Gasteiger partial charge on any atom is -0.307 e. The first kappa shape index (κ1) is 14.0. The van der Waals surface area contributed by atoms with Gasteiger partial charge in [0.25, 0.3) is 0 Å². The van der Waals surface area contributed by atoms with Crippen LogP contribution in [0, 0.1) is 0 Å². The molecule has 0 saturated carbocycles. The fourth-order valence-corrected chi connectivity index (χ4v) is 3.32. The van der Waals surface area contributed by atoms with Crippen LogP contribution in [0.25, 0.3) is 5.65 Å². The highest BCUT2D eigenvalue weighted by Crippen LogP contribution is 2.10. The molecule has 0 radical (unpaired) electrons. The molecule has 1 aliphatic rings. The van der Waals surface area contributed by atoms with Crippen molar-refractivity contribution in [2.75, 3.05) is 38.1 Å². The summed E-state index contributed by atoms with van der Waals surface area (Å²) in [7, 11) is 0. The minimum atomic E-state index is 0.962. The number of nitrogens with zero attached hydrogens (tertiary/aromatic N) is 4. The molecule has 1 saturated heterocycles. The first-order valence-electron chi connectivity index (χ1n) is 7.28. The maximum absolute atomic E-state index is 4.69. The van der Waals surface area contributed by atoms with Crippen LogP contribution in [0.2, 0.25) is 0 Å². The Morgan fingerprint density at radius 2 is 1.95 bits per heavy atom. The van der Waals surface area contributed by atoms with Gasteiger partial charge in [0.15, 0.2) is 0 Å². The summed E-state index contributed by atoms with van der Waals surface area (Å²) in [6.07, 6.45) is 5.46. The van der Waals surface area contributed by atoms with Crippen molar-refractivity contribution >= 4 is 21.6 Å². The Morgan fingerprint density at radius 1 is 1.10 bits per heavy atom. The highest BCUT2D eigenvalue weighted by molar-refractivity contribution is 9.09. The number of halogens is 1. The van der Waals surface area contributed by atoms with Gasteiger partial charge in [0.05, 0.1) is 5.69 Å². The summed E-state index contributed by atoms with van der Waals surface area (Å²) in [5, 5.41) is 1.07. The third-order valence-electron chi connectivity index (χ3n) is 3.88. The Labute approximate surface area is 128 Å². The molecule has 0 spiro atoms. The Morgan fingerprint density at radius 3 is 2.80 bits per heavy atom. The second kappa shape index (κ2) is 6.70. The van der Waals surface area contributed by atoms with E-state index in [0.717, 1.165) is 30.6 Å². The third kappa shape index (κ3) is 3.40. The van der Waals surface area contributed by atoms with E-state index in [1.54, 1.807) is 0 Å². The van der Waals surface area contributed by atoms with Gasteiger partial charge in [-0.05, 0) is 31.6 Å². The summed E-state index contributed by atoms with van der Waals surface area (Å²) in [5.74, 6) is 0. The first-order chi connectivity index (χ1) is 9.85. The zero-order valence-electron chi connectivity index (χ0n) is 11.7. The Kier molecular flexibility index (Phi) is 4.70. The Balaban J connectivity index is 1.62. The molecular formula is C15H21BrN4. The van der Waals surface area contributed by atoms with Gasteiger partial charge < -0.3 is 9.30 Å². The number of pyridine rings is 1. The normalized spacial score (nSPS) is 18.4. The van der Waals surface area contributed by atoms with Crippen molar-refractivity contribution in [3.63, 3.8) is 0 Å². The highest BCUT2D eigenvalue weighted by Gasteiger charge is 2.15. The van der Waals surface area contributed by atoms with E-state index < -0.39 is 0 Å². The number of hydrogen-bond donors (Lipinski definition) is 0. The fourth-order valence-electron chi connectivity index (χ4n) is 2.82. The lowest BCUT2D eigenvalue weighted by Gasteiger charge is -2.20. The van der Waals surface area contributed by atoms with E-state index in [9.17, 15) is 0 Å². The maximum atomic E-state index is 4.69. The summed E-state index contributed by atoms with van der Waals surface area (Å²) >= 11 is 3.53. The minimum absolute atomic E-state index is 0.962. The predicted molar refractivity (Wildman–Crippen MR) is 85.3 cm³/mol. The molecule has 2 aromatic rings. The smallest absolute Gasteiger partial charge is 0.137 e. The van der Waals surface area contributed by atoms with Crippen molar-refractivity contribution in [3.05, 3.63) is 36.3 Å². The number of imidazole rings is 1. The number of rotatable bonds is 4. The lowest BCUT2D eigenvalue weighted by atomic mass is 10.3. The highest BCUT2D eigenvalue weighted by atomic mass is 79.9. The van der Waals surface area contributed by atoms with Gasteiger partial charge in [-0.2, -0.15) is 0 Å². The molecule has 0 bridgehead atoms. The second-order valence-electron chi connectivity index (χ2n) is 5.36. The van der Waals surface area contributed by atoms with E-state index in [0.29, 0.717) is 0 Å². The van der Waals surface area contributed by atoms with Gasteiger partial charge in [0.2, 0.25) is 0 Å².